The summed E-state index contributed by atoms with van der Waals surface area (Å²) in [6.45, 7) is 0. The van der Waals surface area contributed by atoms with Gasteiger partial charge in [-0.05, 0) is 70.8 Å². The molecule has 0 amide bonds. The van der Waals surface area contributed by atoms with E-state index in [0.29, 0.717) is 17.6 Å². The van der Waals surface area contributed by atoms with Gasteiger partial charge < -0.3 is 8.98 Å². The van der Waals surface area contributed by atoms with Crippen molar-refractivity contribution in [2.24, 2.45) is 0 Å². The number of furan rings is 1. The Morgan fingerprint density at radius 3 is 1.49 bits per heavy atom. The molecular formula is C63H39N5O. The Labute approximate surface area is 396 Å². The van der Waals surface area contributed by atoms with Crippen molar-refractivity contribution in [1.82, 2.24) is 24.1 Å². The highest BCUT2D eigenvalue weighted by Crippen LogP contribution is 2.42. The Kier molecular flexibility index (Phi) is 8.79. The van der Waals surface area contributed by atoms with Gasteiger partial charge in [-0.3, -0.25) is 4.57 Å². The average Bonchev–Trinajstić information content (AvgIpc) is 4.09. The molecule has 0 saturated heterocycles. The molecule has 6 nitrogen and oxygen atoms in total. The zero-order chi connectivity index (χ0) is 45.4. The van der Waals surface area contributed by atoms with Gasteiger partial charge in [-0.1, -0.05) is 188 Å². The number of hydrogen-bond acceptors (Lipinski definition) is 4. The molecule has 4 heterocycles. The molecule has 0 bridgehead atoms. The molecule has 0 saturated carbocycles. The molecule has 0 radical (unpaired) electrons. The Morgan fingerprint density at radius 2 is 0.797 bits per heavy atom. The quantitative estimate of drug-likeness (QED) is 0.160. The van der Waals surface area contributed by atoms with Gasteiger partial charge in [0.1, 0.15) is 11.2 Å². The second kappa shape index (κ2) is 15.6. The summed E-state index contributed by atoms with van der Waals surface area (Å²) in [5, 5.41) is 6.86. The molecule has 0 aliphatic heterocycles. The minimum absolute atomic E-state index is 0.542. The third-order valence-electron chi connectivity index (χ3n) is 13.6. The molecule has 69 heavy (non-hydrogen) atoms. The van der Waals surface area contributed by atoms with E-state index < -0.39 is 0 Å². The summed E-state index contributed by atoms with van der Waals surface area (Å²) in [4.78, 5) is 15.9. The number of fused-ring (bicyclic) bond motifs is 9. The lowest BCUT2D eigenvalue weighted by atomic mass is 9.96. The van der Waals surface area contributed by atoms with Crippen molar-refractivity contribution in [1.29, 1.82) is 0 Å². The first kappa shape index (κ1) is 38.8. The van der Waals surface area contributed by atoms with Crippen molar-refractivity contribution in [3.63, 3.8) is 0 Å². The topological polar surface area (TPSA) is 61.7 Å². The van der Waals surface area contributed by atoms with E-state index in [1.807, 2.05) is 30.3 Å². The number of hydrogen-bond donors (Lipinski definition) is 0. The van der Waals surface area contributed by atoms with Crippen molar-refractivity contribution in [2.45, 2.75) is 0 Å². The van der Waals surface area contributed by atoms with E-state index in [1.54, 1.807) is 0 Å². The number of rotatable bonds is 7. The number of aromatic nitrogens is 5. The minimum atomic E-state index is 0.542. The van der Waals surface area contributed by atoms with E-state index in [1.165, 1.54) is 27.4 Å². The molecule has 4 aromatic heterocycles. The molecule has 14 aromatic rings. The molecule has 0 aliphatic rings. The fourth-order valence-corrected chi connectivity index (χ4v) is 10.4. The SMILES string of the molecule is c1ccc(-c2ccc(-n3c4ccccc4c4ccccc43)c(-c3ccc(-c4nc(-c5ccccc5)nc(-n5c6ccccc6c6cccc(-c7ccc8oc9ccccc9c8c7)c65)n4)cc3)c2)cc1. The monoisotopic (exact) mass is 881 g/mol. The van der Waals surface area contributed by atoms with Crippen LogP contribution in [-0.2, 0) is 0 Å². The highest BCUT2D eigenvalue weighted by Gasteiger charge is 2.22. The number of para-hydroxylation sites is 5. The van der Waals surface area contributed by atoms with Crippen LogP contribution in [-0.4, -0.2) is 24.1 Å². The highest BCUT2D eigenvalue weighted by atomic mass is 16.3. The normalized spacial score (nSPS) is 11.8. The molecule has 322 valence electrons. The van der Waals surface area contributed by atoms with E-state index in [-0.39, 0.29) is 0 Å². The molecule has 10 aromatic carbocycles. The zero-order valence-electron chi connectivity index (χ0n) is 37.2. The summed E-state index contributed by atoms with van der Waals surface area (Å²) in [5.41, 5.74) is 15.7. The number of nitrogens with zero attached hydrogens (tertiary/aromatic N) is 5. The van der Waals surface area contributed by atoms with Gasteiger partial charge in [-0.25, -0.2) is 4.98 Å². The summed E-state index contributed by atoms with van der Waals surface area (Å²) >= 11 is 0. The van der Waals surface area contributed by atoms with Crippen LogP contribution in [0.5, 0.6) is 0 Å². The van der Waals surface area contributed by atoms with Gasteiger partial charge in [0, 0.05) is 54.6 Å². The van der Waals surface area contributed by atoms with Crippen molar-refractivity contribution in [3.05, 3.63) is 237 Å². The van der Waals surface area contributed by atoms with Crippen LogP contribution in [0.1, 0.15) is 0 Å². The molecule has 14 rings (SSSR count). The Bertz CT molecular complexity index is 4250. The second-order valence-electron chi connectivity index (χ2n) is 17.6. The molecule has 6 heteroatoms. The van der Waals surface area contributed by atoms with E-state index in [9.17, 15) is 0 Å². The Morgan fingerprint density at radius 1 is 0.290 bits per heavy atom. The van der Waals surface area contributed by atoms with Gasteiger partial charge >= 0.3 is 0 Å². The predicted molar refractivity (Wildman–Crippen MR) is 283 cm³/mol. The van der Waals surface area contributed by atoms with Gasteiger partial charge in [-0.15, -0.1) is 0 Å². The van der Waals surface area contributed by atoms with Crippen LogP contribution in [0.2, 0.25) is 0 Å². The largest absolute Gasteiger partial charge is 0.456 e. The van der Waals surface area contributed by atoms with Crippen LogP contribution < -0.4 is 0 Å². The summed E-state index contributed by atoms with van der Waals surface area (Å²) < 4.78 is 10.9. The molecule has 0 N–H and O–H groups in total. The van der Waals surface area contributed by atoms with Gasteiger partial charge in [0.2, 0.25) is 5.95 Å². The summed E-state index contributed by atoms with van der Waals surface area (Å²) in [7, 11) is 0. The van der Waals surface area contributed by atoms with Crippen molar-refractivity contribution < 1.29 is 4.42 Å². The zero-order valence-corrected chi connectivity index (χ0v) is 37.2. The molecule has 0 aliphatic carbocycles. The van der Waals surface area contributed by atoms with Crippen molar-refractivity contribution in [2.75, 3.05) is 0 Å². The van der Waals surface area contributed by atoms with Gasteiger partial charge in [0.05, 0.1) is 27.8 Å². The highest BCUT2D eigenvalue weighted by molar-refractivity contribution is 6.15. The van der Waals surface area contributed by atoms with Crippen LogP contribution in [0.3, 0.4) is 0 Å². The lowest BCUT2D eigenvalue weighted by molar-refractivity contribution is 0.669. The second-order valence-corrected chi connectivity index (χ2v) is 17.6. The van der Waals surface area contributed by atoms with E-state index >= 15 is 0 Å². The molecule has 0 fully saturated rings. The van der Waals surface area contributed by atoms with Gasteiger partial charge in [0.15, 0.2) is 11.6 Å². The third-order valence-corrected chi connectivity index (χ3v) is 13.6. The fourth-order valence-electron chi connectivity index (χ4n) is 10.4. The van der Waals surface area contributed by atoms with Gasteiger partial charge in [0.25, 0.3) is 0 Å². The summed E-state index contributed by atoms with van der Waals surface area (Å²) in [5.74, 6) is 1.72. The first-order valence-electron chi connectivity index (χ1n) is 23.3. The third kappa shape index (κ3) is 6.30. The van der Waals surface area contributed by atoms with E-state index in [0.717, 1.165) is 88.4 Å². The van der Waals surface area contributed by atoms with E-state index in [4.69, 9.17) is 19.4 Å². The van der Waals surface area contributed by atoms with Crippen LogP contribution in [0.25, 0.3) is 133 Å². The Balaban J connectivity index is 0.960. The first-order chi connectivity index (χ1) is 34.2. The maximum Gasteiger partial charge on any atom is 0.238 e. The Hall–Kier alpha value is -9.39. The standard InChI is InChI=1S/C63H39N5O/c1-3-16-40(17-4-1)44-34-36-57(67-54-26-11-7-20-47(54)48-21-8-12-27-55(48)67)52(38-44)41-30-32-43(33-31-41)62-64-61(42-18-5-2-6-19-42)65-63(66-62)68-56-28-13-9-22-49(56)51-25-15-24-46(60(51)68)45-35-37-59-53(39-45)50-23-10-14-29-58(50)69-59/h1-39H. The minimum Gasteiger partial charge on any atom is -0.456 e. The van der Waals surface area contributed by atoms with Crippen molar-refractivity contribution >= 4 is 65.6 Å². The maximum atomic E-state index is 6.26. The summed E-state index contributed by atoms with van der Waals surface area (Å²) in [6, 6.07) is 83.5. The lowest BCUT2D eigenvalue weighted by Crippen LogP contribution is -2.07. The van der Waals surface area contributed by atoms with E-state index in [2.05, 4.69) is 215 Å². The van der Waals surface area contributed by atoms with Crippen LogP contribution in [0.4, 0.5) is 0 Å². The van der Waals surface area contributed by atoms with Crippen LogP contribution in [0.15, 0.2) is 241 Å². The van der Waals surface area contributed by atoms with Crippen LogP contribution >= 0.6 is 0 Å². The van der Waals surface area contributed by atoms with Crippen LogP contribution in [0, 0.1) is 0 Å². The first-order valence-corrected chi connectivity index (χ1v) is 23.3. The maximum absolute atomic E-state index is 6.26. The molecule has 0 unspecified atom stereocenters. The lowest BCUT2D eigenvalue weighted by Gasteiger charge is -2.16. The average molecular weight is 882 g/mol. The number of benzene rings is 10. The smallest absolute Gasteiger partial charge is 0.238 e. The van der Waals surface area contributed by atoms with Crippen molar-refractivity contribution in [3.8, 4) is 67.8 Å². The summed E-state index contributed by atoms with van der Waals surface area (Å²) in [6.07, 6.45) is 0. The van der Waals surface area contributed by atoms with Gasteiger partial charge in [-0.2, -0.15) is 9.97 Å². The molecule has 0 atom stereocenters. The predicted octanol–water partition coefficient (Wildman–Crippen LogP) is 16.3. The fraction of sp³-hybridized carbons (Fsp3) is 0. The molecular weight excluding hydrogens is 843 g/mol. The molecule has 0 spiro atoms.